The summed E-state index contributed by atoms with van der Waals surface area (Å²) >= 11 is 0. The summed E-state index contributed by atoms with van der Waals surface area (Å²) in [6.45, 7) is 1.52. The molecule has 0 aliphatic carbocycles. The lowest BCUT2D eigenvalue weighted by Gasteiger charge is -2.19. The fourth-order valence-corrected chi connectivity index (χ4v) is 2.92. The van der Waals surface area contributed by atoms with Gasteiger partial charge < -0.3 is 9.67 Å². The monoisotopic (exact) mass is 365 g/mol. The van der Waals surface area contributed by atoms with Gasteiger partial charge in [0.25, 0.3) is 0 Å². The Balaban J connectivity index is 2.62. The van der Waals surface area contributed by atoms with Gasteiger partial charge in [-0.1, -0.05) is 6.92 Å². The van der Waals surface area contributed by atoms with Crippen molar-refractivity contribution in [3.05, 3.63) is 75.1 Å². The van der Waals surface area contributed by atoms with Crippen molar-refractivity contribution in [2.45, 2.75) is 13.3 Å². The smallest absolute Gasteiger partial charge is 0.341 e. The van der Waals surface area contributed by atoms with Crippen molar-refractivity contribution in [2.24, 2.45) is 0 Å². The molecule has 0 amide bonds. The number of fused-ring (bicyclic) bond motifs is 1. The average Bonchev–Trinajstić information content (AvgIpc) is 2.57. The predicted molar refractivity (Wildman–Crippen MR) is 85.7 cm³/mol. The van der Waals surface area contributed by atoms with E-state index in [-0.39, 0.29) is 23.3 Å². The number of hydrogen-bond donors (Lipinski definition) is 1. The van der Waals surface area contributed by atoms with E-state index >= 15 is 0 Å². The molecule has 0 saturated carbocycles. The Kier molecular flexibility index (Phi) is 4.27. The SMILES string of the molecule is CCc1c(C(=O)O)c(=O)c2cc(F)c(F)cc2n1-c1ccc(F)cc1F. The number of halogens is 4. The molecule has 1 N–H and O–H groups in total. The molecule has 0 aliphatic heterocycles. The minimum absolute atomic E-state index is 0.0252. The highest BCUT2D eigenvalue weighted by Gasteiger charge is 2.24. The molecule has 0 atom stereocenters. The van der Waals surface area contributed by atoms with Gasteiger partial charge in [-0.2, -0.15) is 0 Å². The first kappa shape index (κ1) is 17.7. The molecule has 0 unspecified atom stereocenters. The van der Waals surface area contributed by atoms with E-state index in [4.69, 9.17) is 0 Å². The molecule has 26 heavy (non-hydrogen) atoms. The minimum Gasteiger partial charge on any atom is -0.477 e. The average molecular weight is 365 g/mol. The summed E-state index contributed by atoms with van der Waals surface area (Å²) in [6, 6.07) is 3.78. The Bertz CT molecular complexity index is 1120. The van der Waals surface area contributed by atoms with Crippen LogP contribution in [0.1, 0.15) is 23.0 Å². The molecule has 0 saturated heterocycles. The lowest BCUT2D eigenvalue weighted by atomic mass is 10.0. The van der Waals surface area contributed by atoms with Crippen molar-refractivity contribution in [1.82, 2.24) is 4.57 Å². The number of carboxylic acids is 1. The topological polar surface area (TPSA) is 59.3 Å². The summed E-state index contributed by atoms with van der Waals surface area (Å²) < 4.78 is 56.0. The Morgan fingerprint density at radius 2 is 1.69 bits per heavy atom. The molecule has 4 nitrogen and oxygen atoms in total. The lowest BCUT2D eigenvalue weighted by Crippen LogP contribution is -2.24. The molecule has 134 valence electrons. The fraction of sp³-hybridized carbons (Fsp3) is 0.111. The molecule has 0 aliphatic rings. The third kappa shape index (κ3) is 2.63. The second-order valence-electron chi connectivity index (χ2n) is 5.52. The zero-order valence-corrected chi connectivity index (χ0v) is 13.3. The first-order valence-corrected chi connectivity index (χ1v) is 7.51. The van der Waals surface area contributed by atoms with E-state index in [1.54, 1.807) is 0 Å². The molecule has 0 spiro atoms. The van der Waals surface area contributed by atoms with Crippen LogP contribution in [0.2, 0.25) is 0 Å². The van der Waals surface area contributed by atoms with Gasteiger partial charge in [0.1, 0.15) is 17.2 Å². The minimum atomic E-state index is -1.59. The quantitative estimate of drug-likeness (QED) is 0.718. The second kappa shape index (κ2) is 6.29. The predicted octanol–water partition coefficient (Wildman–Crippen LogP) is 3.81. The Morgan fingerprint density at radius 3 is 2.27 bits per heavy atom. The van der Waals surface area contributed by atoms with Crippen LogP contribution in [0.4, 0.5) is 17.6 Å². The van der Waals surface area contributed by atoms with Gasteiger partial charge in [0.15, 0.2) is 11.6 Å². The van der Waals surface area contributed by atoms with Crippen LogP contribution < -0.4 is 5.43 Å². The van der Waals surface area contributed by atoms with Gasteiger partial charge >= 0.3 is 5.97 Å². The van der Waals surface area contributed by atoms with E-state index in [9.17, 15) is 32.3 Å². The highest BCUT2D eigenvalue weighted by atomic mass is 19.2. The molecule has 1 aromatic heterocycles. The first-order valence-electron chi connectivity index (χ1n) is 7.51. The molecule has 0 fully saturated rings. The van der Waals surface area contributed by atoms with Gasteiger partial charge in [-0.25, -0.2) is 22.4 Å². The number of hydrogen-bond acceptors (Lipinski definition) is 2. The summed E-state index contributed by atoms with van der Waals surface area (Å²) in [7, 11) is 0. The van der Waals surface area contributed by atoms with Gasteiger partial charge in [0, 0.05) is 17.8 Å². The highest BCUT2D eigenvalue weighted by Crippen LogP contribution is 2.26. The lowest BCUT2D eigenvalue weighted by molar-refractivity contribution is 0.0693. The number of nitrogens with zero attached hydrogens (tertiary/aromatic N) is 1. The number of aromatic carboxylic acids is 1. The van der Waals surface area contributed by atoms with Crippen molar-refractivity contribution < 1.29 is 27.5 Å². The molecular formula is C18H11F4NO3. The highest BCUT2D eigenvalue weighted by molar-refractivity contribution is 5.95. The number of aromatic nitrogens is 1. The van der Waals surface area contributed by atoms with Crippen LogP contribution in [-0.4, -0.2) is 15.6 Å². The van der Waals surface area contributed by atoms with Crippen LogP contribution in [0.5, 0.6) is 0 Å². The number of carbonyl (C=O) groups is 1. The van der Waals surface area contributed by atoms with Gasteiger partial charge in [-0.05, 0) is 24.6 Å². The van der Waals surface area contributed by atoms with Gasteiger partial charge in [0.05, 0.1) is 16.6 Å². The van der Waals surface area contributed by atoms with Crippen molar-refractivity contribution in [3.63, 3.8) is 0 Å². The van der Waals surface area contributed by atoms with Crippen molar-refractivity contribution in [1.29, 1.82) is 0 Å². The normalized spacial score (nSPS) is 11.1. The molecule has 2 aromatic carbocycles. The van der Waals surface area contributed by atoms with E-state index in [0.717, 1.165) is 16.7 Å². The number of pyridine rings is 1. The number of rotatable bonds is 3. The summed E-state index contributed by atoms with van der Waals surface area (Å²) in [5.74, 6) is -6.15. The van der Waals surface area contributed by atoms with Crippen molar-refractivity contribution in [2.75, 3.05) is 0 Å². The molecule has 0 bridgehead atoms. The zero-order valence-electron chi connectivity index (χ0n) is 13.3. The molecule has 1 heterocycles. The fourth-order valence-electron chi connectivity index (χ4n) is 2.92. The van der Waals surface area contributed by atoms with Crippen LogP contribution in [0.3, 0.4) is 0 Å². The largest absolute Gasteiger partial charge is 0.477 e. The maximum absolute atomic E-state index is 14.3. The first-order chi connectivity index (χ1) is 12.3. The van der Waals surface area contributed by atoms with Crippen LogP contribution in [0.25, 0.3) is 16.6 Å². The van der Waals surface area contributed by atoms with Gasteiger partial charge in [-0.15, -0.1) is 0 Å². The molecule has 3 rings (SSSR count). The maximum atomic E-state index is 14.3. The van der Waals surface area contributed by atoms with E-state index in [1.807, 2.05) is 0 Å². The second-order valence-corrected chi connectivity index (χ2v) is 5.52. The zero-order chi connectivity index (χ0) is 19.2. The number of carboxylic acid groups (broad SMARTS) is 1. The van der Waals surface area contributed by atoms with Gasteiger partial charge in [0.2, 0.25) is 5.43 Å². The van der Waals surface area contributed by atoms with E-state index in [2.05, 4.69) is 0 Å². The van der Waals surface area contributed by atoms with Crippen LogP contribution >= 0.6 is 0 Å². The van der Waals surface area contributed by atoms with E-state index < -0.39 is 45.6 Å². The molecular weight excluding hydrogens is 354 g/mol. The summed E-state index contributed by atoms with van der Waals surface area (Å²) in [6.07, 6.45) is -0.0252. The van der Waals surface area contributed by atoms with E-state index in [0.29, 0.717) is 18.2 Å². The molecule has 3 aromatic rings. The number of benzene rings is 2. The Morgan fingerprint density at radius 1 is 1.04 bits per heavy atom. The van der Waals surface area contributed by atoms with Crippen molar-refractivity contribution in [3.8, 4) is 5.69 Å². The third-order valence-corrected chi connectivity index (χ3v) is 4.01. The Hall–Kier alpha value is -3.16. The van der Waals surface area contributed by atoms with Gasteiger partial charge in [-0.3, -0.25) is 4.79 Å². The summed E-state index contributed by atoms with van der Waals surface area (Å²) in [5, 5.41) is 8.98. The van der Waals surface area contributed by atoms with Crippen LogP contribution in [0, 0.1) is 23.3 Å². The third-order valence-electron chi connectivity index (χ3n) is 4.01. The summed E-state index contributed by atoms with van der Waals surface area (Å²) in [5.41, 5.74) is -2.33. The maximum Gasteiger partial charge on any atom is 0.341 e. The standard InChI is InChI=1S/C18H11F4NO3/c1-2-13-16(18(25)26)17(24)9-6-10(20)11(21)7-15(9)23(13)14-4-3-8(19)5-12(14)22/h3-7H,2H2,1H3,(H,25,26). The van der Waals surface area contributed by atoms with Crippen LogP contribution in [-0.2, 0) is 6.42 Å². The van der Waals surface area contributed by atoms with E-state index in [1.165, 1.54) is 6.92 Å². The summed E-state index contributed by atoms with van der Waals surface area (Å²) in [4.78, 5) is 24.1. The Labute approximate surface area is 143 Å². The van der Waals surface area contributed by atoms with Crippen LogP contribution in [0.15, 0.2) is 35.1 Å². The molecule has 0 radical (unpaired) electrons. The van der Waals surface area contributed by atoms with Crippen molar-refractivity contribution >= 4 is 16.9 Å². The molecule has 8 heteroatoms.